The number of nitrogens with zero attached hydrogens (tertiary/aromatic N) is 3. The van der Waals surface area contributed by atoms with Gasteiger partial charge in [-0.2, -0.15) is 0 Å². The Labute approximate surface area is 111 Å². The molecule has 1 unspecified atom stereocenters. The lowest BCUT2D eigenvalue weighted by Gasteiger charge is -2.14. The molecule has 0 aliphatic heterocycles. The van der Waals surface area contributed by atoms with Gasteiger partial charge in [-0.05, 0) is 18.4 Å². The standard InChI is InChI=1S/C15H16N4/c1-2-19-10-9-18-15(19)13(16)14-12-6-4-3-5-11(12)7-8-17-14/h3-10,13H,2,16H2,1H3. The number of aryl methyl sites for hydroxylation is 1. The molecule has 2 heterocycles. The minimum Gasteiger partial charge on any atom is -0.334 e. The van der Waals surface area contributed by atoms with Crippen LogP contribution in [0.3, 0.4) is 0 Å². The van der Waals surface area contributed by atoms with Gasteiger partial charge in [0, 0.05) is 30.5 Å². The van der Waals surface area contributed by atoms with Crippen molar-refractivity contribution >= 4 is 10.8 Å². The molecule has 0 spiro atoms. The minimum atomic E-state index is -0.305. The third kappa shape index (κ3) is 2.00. The van der Waals surface area contributed by atoms with Crippen LogP contribution >= 0.6 is 0 Å². The zero-order chi connectivity index (χ0) is 13.2. The van der Waals surface area contributed by atoms with Gasteiger partial charge in [0.05, 0.1) is 5.69 Å². The van der Waals surface area contributed by atoms with Gasteiger partial charge in [-0.3, -0.25) is 4.98 Å². The molecular weight excluding hydrogens is 236 g/mol. The van der Waals surface area contributed by atoms with Gasteiger partial charge < -0.3 is 10.3 Å². The van der Waals surface area contributed by atoms with Gasteiger partial charge in [-0.15, -0.1) is 0 Å². The third-order valence-electron chi connectivity index (χ3n) is 3.37. The van der Waals surface area contributed by atoms with Crippen LogP contribution in [0.25, 0.3) is 10.8 Å². The van der Waals surface area contributed by atoms with Crippen LogP contribution in [-0.4, -0.2) is 14.5 Å². The van der Waals surface area contributed by atoms with Crippen molar-refractivity contribution in [3.05, 3.63) is 60.4 Å². The molecule has 0 radical (unpaired) electrons. The van der Waals surface area contributed by atoms with Gasteiger partial charge in [0.2, 0.25) is 0 Å². The zero-order valence-corrected chi connectivity index (χ0v) is 10.8. The predicted octanol–water partition coefficient (Wildman–Crippen LogP) is 2.50. The fourth-order valence-corrected chi connectivity index (χ4v) is 2.38. The summed E-state index contributed by atoms with van der Waals surface area (Å²) in [7, 11) is 0. The molecule has 3 rings (SSSR count). The maximum Gasteiger partial charge on any atom is 0.131 e. The summed E-state index contributed by atoms with van der Waals surface area (Å²) in [5.74, 6) is 0.853. The number of fused-ring (bicyclic) bond motifs is 1. The molecule has 4 nitrogen and oxygen atoms in total. The molecule has 19 heavy (non-hydrogen) atoms. The Kier molecular flexibility index (Phi) is 3.01. The molecule has 0 saturated carbocycles. The Balaban J connectivity index is 2.14. The summed E-state index contributed by atoms with van der Waals surface area (Å²) in [6, 6.07) is 9.84. The largest absolute Gasteiger partial charge is 0.334 e. The van der Waals surface area contributed by atoms with Crippen LogP contribution in [0.2, 0.25) is 0 Å². The SMILES string of the molecule is CCn1ccnc1C(N)c1nccc2ccccc12. The average molecular weight is 252 g/mol. The highest BCUT2D eigenvalue weighted by Gasteiger charge is 2.17. The number of nitrogens with two attached hydrogens (primary N) is 1. The van der Waals surface area contributed by atoms with Crippen molar-refractivity contribution in [2.45, 2.75) is 19.5 Å². The van der Waals surface area contributed by atoms with E-state index in [1.54, 1.807) is 12.4 Å². The fourth-order valence-electron chi connectivity index (χ4n) is 2.38. The van der Waals surface area contributed by atoms with E-state index in [1.807, 2.05) is 29.0 Å². The van der Waals surface area contributed by atoms with E-state index in [1.165, 1.54) is 0 Å². The van der Waals surface area contributed by atoms with Crippen molar-refractivity contribution in [2.75, 3.05) is 0 Å². The number of pyridine rings is 1. The summed E-state index contributed by atoms with van der Waals surface area (Å²) in [5.41, 5.74) is 7.23. The lowest BCUT2D eigenvalue weighted by molar-refractivity contribution is 0.650. The molecule has 4 heteroatoms. The smallest absolute Gasteiger partial charge is 0.131 e. The quantitative estimate of drug-likeness (QED) is 0.779. The second kappa shape index (κ2) is 4.82. The van der Waals surface area contributed by atoms with Crippen LogP contribution in [0.1, 0.15) is 24.5 Å². The number of hydrogen-bond acceptors (Lipinski definition) is 3. The number of imidazole rings is 1. The molecule has 0 fully saturated rings. The van der Waals surface area contributed by atoms with Gasteiger partial charge >= 0.3 is 0 Å². The predicted molar refractivity (Wildman–Crippen MR) is 75.7 cm³/mol. The van der Waals surface area contributed by atoms with Crippen LogP contribution in [-0.2, 0) is 6.54 Å². The van der Waals surface area contributed by atoms with E-state index in [0.717, 1.165) is 28.8 Å². The van der Waals surface area contributed by atoms with E-state index in [2.05, 4.69) is 29.0 Å². The van der Waals surface area contributed by atoms with Gasteiger partial charge in [0.25, 0.3) is 0 Å². The number of aromatic nitrogens is 3. The van der Waals surface area contributed by atoms with Crippen LogP contribution in [0.15, 0.2) is 48.9 Å². The van der Waals surface area contributed by atoms with Crippen LogP contribution < -0.4 is 5.73 Å². The van der Waals surface area contributed by atoms with E-state index in [4.69, 9.17) is 5.73 Å². The van der Waals surface area contributed by atoms with Crippen LogP contribution in [0.5, 0.6) is 0 Å². The Hall–Kier alpha value is -2.20. The summed E-state index contributed by atoms with van der Waals surface area (Å²) in [4.78, 5) is 8.83. The van der Waals surface area contributed by atoms with E-state index in [9.17, 15) is 0 Å². The van der Waals surface area contributed by atoms with Gasteiger partial charge in [-0.25, -0.2) is 4.98 Å². The van der Waals surface area contributed by atoms with Crippen molar-refractivity contribution in [1.29, 1.82) is 0 Å². The molecule has 1 atom stereocenters. The monoisotopic (exact) mass is 252 g/mol. The maximum absolute atomic E-state index is 6.36. The number of benzene rings is 1. The minimum absolute atomic E-state index is 0.305. The highest BCUT2D eigenvalue weighted by molar-refractivity contribution is 5.84. The van der Waals surface area contributed by atoms with E-state index < -0.39 is 0 Å². The van der Waals surface area contributed by atoms with Crippen molar-refractivity contribution in [1.82, 2.24) is 14.5 Å². The fraction of sp³-hybridized carbons (Fsp3) is 0.200. The van der Waals surface area contributed by atoms with Gasteiger partial charge in [0.1, 0.15) is 11.9 Å². The highest BCUT2D eigenvalue weighted by Crippen LogP contribution is 2.24. The molecule has 3 aromatic rings. The van der Waals surface area contributed by atoms with Crippen LogP contribution in [0, 0.1) is 0 Å². The molecular formula is C15H16N4. The lowest BCUT2D eigenvalue weighted by atomic mass is 10.0. The Bertz CT molecular complexity index is 697. The van der Waals surface area contributed by atoms with Gasteiger partial charge in [0.15, 0.2) is 0 Å². The molecule has 1 aromatic carbocycles. The van der Waals surface area contributed by atoms with Crippen molar-refractivity contribution in [2.24, 2.45) is 5.73 Å². The second-order valence-electron chi connectivity index (χ2n) is 4.47. The first-order valence-electron chi connectivity index (χ1n) is 6.41. The zero-order valence-electron chi connectivity index (χ0n) is 10.8. The first-order chi connectivity index (χ1) is 9.31. The third-order valence-corrected chi connectivity index (χ3v) is 3.37. The maximum atomic E-state index is 6.36. The topological polar surface area (TPSA) is 56.7 Å². The van der Waals surface area contributed by atoms with Gasteiger partial charge in [-0.1, -0.05) is 24.3 Å². The molecule has 2 aromatic heterocycles. The average Bonchev–Trinajstić information content (AvgIpc) is 2.94. The van der Waals surface area contributed by atoms with Crippen molar-refractivity contribution in [3.63, 3.8) is 0 Å². The molecule has 0 aliphatic carbocycles. The summed E-state index contributed by atoms with van der Waals surface area (Å²) in [5, 5.41) is 2.24. The normalized spacial score (nSPS) is 12.7. The van der Waals surface area contributed by atoms with Crippen molar-refractivity contribution in [3.8, 4) is 0 Å². The number of rotatable bonds is 3. The summed E-state index contributed by atoms with van der Waals surface area (Å²) in [6.45, 7) is 2.93. The number of hydrogen-bond donors (Lipinski definition) is 1. The first kappa shape index (κ1) is 11.9. The molecule has 0 saturated heterocycles. The lowest BCUT2D eigenvalue weighted by Crippen LogP contribution is -2.19. The molecule has 0 bridgehead atoms. The summed E-state index contributed by atoms with van der Waals surface area (Å²) in [6.07, 6.45) is 5.53. The van der Waals surface area contributed by atoms with Crippen LogP contribution in [0.4, 0.5) is 0 Å². The summed E-state index contributed by atoms with van der Waals surface area (Å²) >= 11 is 0. The molecule has 96 valence electrons. The second-order valence-corrected chi connectivity index (χ2v) is 4.47. The molecule has 2 N–H and O–H groups in total. The molecule has 0 amide bonds. The van der Waals surface area contributed by atoms with E-state index >= 15 is 0 Å². The summed E-state index contributed by atoms with van der Waals surface area (Å²) < 4.78 is 2.05. The van der Waals surface area contributed by atoms with E-state index in [-0.39, 0.29) is 6.04 Å². The Morgan fingerprint density at radius 2 is 2.00 bits per heavy atom. The van der Waals surface area contributed by atoms with Crippen molar-refractivity contribution < 1.29 is 0 Å². The Morgan fingerprint density at radius 3 is 2.84 bits per heavy atom. The first-order valence-corrected chi connectivity index (χ1v) is 6.41. The van der Waals surface area contributed by atoms with E-state index in [0.29, 0.717) is 0 Å². The molecule has 0 aliphatic rings. The highest BCUT2D eigenvalue weighted by atomic mass is 15.1. The Morgan fingerprint density at radius 1 is 1.16 bits per heavy atom.